The number of carboxylic acids is 1. The van der Waals surface area contributed by atoms with E-state index < -0.39 is 5.97 Å². The molecule has 1 aromatic heterocycles. The molecule has 2 rings (SSSR count). The van der Waals surface area contributed by atoms with Crippen LogP contribution in [0.1, 0.15) is 30.1 Å². The van der Waals surface area contributed by atoms with Crippen molar-refractivity contribution in [3.05, 3.63) is 24.0 Å². The van der Waals surface area contributed by atoms with Gasteiger partial charge in [-0.3, -0.25) is 4.98 Å². The van der Waals surface area contributed by atoms with Crippen LogP contribution in [0.2, 0.25) is 0 Å². The minimum atomic E-state index is -0.936. The van der Waals surface area contributed by atoms with Crippen molar-refractivity contribution in [1.29, 1.82) is 0 Å². The fourth-order valence-electron chi connectivity index (χ4n) is 2.34. The molecular formula is C13H18N2O3. The lowest BCUT2D eigenvalue weighted by Gasteiger charge is -2.18. The van der Waals surface area contributed by atoms with Crippen LogP contribution < -0.4 is 5.32 Å². The molecule has 0 saturated carbocycles. The van der Waals surface area contributed by atoms with E-state index in [1.807, 2.05) is 0 Å². The zero-order valence-corrected chi connectivity index (χ0v) is 10.4. The molecule has 0 aliphatic carbocycles. The Kier molecular flexibility index (Phi) is 4.15. The fourth-order valence-corrected chi connectivity index (χ4v) is 2.34. The van der Waals surface area contributed by atoms with Crippen molar-refractivity contribution in [3.8, 4) is 0 Å². The summed E-state index contributed by atoms with van der Waals surface area (Å²) in [5.74, 6) is -0.494. The third-order valence-electron chi connectivity index (χ3n) is 3.35. The van der Waals surface area contributed by atoms with E-state index in [9.17, 15) is 4.79 Å². The zero-order chi connectivity index (χ0) is 13.0. The smallest absolute Gasteiger partial charge is 0.337 e. The van der Waals surface area contributed by atoms with E-state index in [4.69, 9.17) is 9.84 Å². The van der Waals surface area contributed by atoms with Crippen LogP contribution in [0, 0.1) is 5.92 Å². The van der Waals surface area contributed by atoms with Gasteiger partial charge >= 0.3 is 5.97 Å². The highest BCUT2D eigenvalue weighted by atomic mass is 16.5. The number of nitrogens with zero attached hydrogens (tertiary/aromatic N) is 1. The number of anilines is 1. The monoisotopic (exact) mass is 250 g/mol. The first-order valence-corrected chi connectivity index (χ1v) is 6.25. The van der Waals surface area contributed by atoms with Gasteiger partial charge in [0.05, 0.1) is 23.6 Å². The number of aromatic nitrogens is 1. The minimum absolute atomic E-state index is 0.261. The van der Waals surface area contributed by atoms with E-state index in [-0.39, 0.29) is 11.7 Å². The SMILES string of the molecule is CCC1OCCC1CNc1cnccc1C(=O)O. The maximum absolute atomic E-state index is 11.0. The second kappa shape index (κ2) is 5.82. The maximum atomic E-state index is 11.0. The third kappa shape index (κ3) is 2.79. The standard InChI is InChI=1S/C13H18N2O3/c1-2-12-9(4-6-18-12)7-15-11-8-14-5-3-10(11)13(16)17/h3,5,8-9,12,15H,2,4,6-7H2,1H3,(H,16,17). The zero-order valence-electron chi connectivity index (χ0n) is 10.4. The van der Waals surface area contributed by atoms with E-state index in [1.54, 1.807) is 6.20 Å². The van der Waals surface area contributed by atoms with Gasteiger partial charge in [0.1, 0.15) is 0 Å². The second-order valence-corrected chi connectivity index (χ2v) is 4.47. The number of nitrogens with one attached hydrogen (secondary N) is 1. The summed E-state index contributed by atoms with van der Waals surface area (Å²) in [6, 6.07) is 1.51. The van der Waals surface area contributed by atoms with Crippen molar-refractivity contribution in [2.45, 2.75) is 25.9 Å². The summed E-state index contributed by atoms with van der Waals surface area (Å²) in [5, 5.41) is 12.2. The van der Waals surface area contributed by atoms with Crippen LogP contribution in [0.15, 0.2) is 18.5 Å². The molecule has 1 aromatic rings. The Morgan fingerprint density at radius 1 is 1.67 bits per heavy atom. The molecular weight excluding hydrogens is 232 g/mol. The molecule has 1 fully saturated rings. The first-order chi connectivity index (χ1) is 8.72. The van der Waals surface area contributed by atoms with Gasteiger partial charge in [-0.25, -0.2) is 4.79 Å². The molecule has 0 spiro atoms. The van der Waals surface area contributed by atoms with E-state index in [0.717, 1.165) is 26.0 Å². The Labute approximate surface area is 106 Å². The summed E-state index contributed by atoms with van der Waals surface area (Å²) in [7, 11) is 0. The molecule has 0 bridgehead atoms. The summed E-state index contributed by atoms with van der Waals surface area (Å²) >= 11 is 0. The van der Waals surface area contributed by atoms with Crippen LogP contribution in [0.4, 0.5) is 5.69 Å². The molecule has 0 amide bonds. The van der Waals surface area contributed by atoms with Crippen molar-refractivity contribution in [2.75, 3.05) is 18.5 Å². The first kappa shape index (κ1) is 12.8. The number of carbonyl (C=O) groups is 1. The van der Waals surface area contributed by atoms with E-state index in [0.29, 0.717) is 11.6 Å². The summed E-state index contributed by atoms with van der Waals surface area (Å²) < 4.78 is 5.61. The quantitative estimate of drug-likeness (QED) is 0.836. The highest BCUT2D eigenvalue weighted by molar-refractivity contribution is 5.93. The molecule has 5 nitrogen and oxygen atoms in total. The fraction of sp³-hybridized carbons (Fsp3) is 0.538. The summed E-state index contributed by atoms with van der Waals surface area (Å²) in [5.41, 5.74) is 0.837. The van der Waals surface area contributed by atoms with Gasteiger partial charge in [0.25, 0.3) is 0 Å². The highest BCUT2D eigenvalue weighted by Crippen LogP contribution is 2.24. The lowest BCUT2D eigenvalue weighted by molar-refractivity contribution is 0.0698. The van der Waals surface area contributed by atoms with Crippen LogP contribution in [0.25, 0.3) is 0 Å². The highest BCUT2D eigenvalue weighted by Gasteiger charge is 2.26. The number of carboxylic acid groups (broad SMARTS) is 1. The molecule has 18 heavy (non-hydrogen) atoms. The number of aromatic carboxylic acids is 1. The summed E-state index contributed by atoms with van der Waals surface area (Å²) in [6.45, 7) is 3.63. The lowest BCUT2D eigenvalue weighted by atomic mass is 9.99. The van der Waals surface area contributed by atoms with Crippen LogP contribution in [-0.2, 0) is 4.74 Å². The van der Waals surface area contributed by atoms with Crippen LogP contribution >= 0.6 is 0 Å². The van der Waals surface area contributed by atoms with E-state index >= 15 is 0 Å². The van der Waals surface area contributed by atoms with Gasteiger partial charge < -0.3 is 15.2 Å². The predicted molar refractivity (Wildman–Crippen MR) is 67.8 cm³/mol. The average molecular weight is 250 g/mol. The van der Waals surface area contributed by atoms with Crippen molar-refractivity contribution < 1.29 is 14.6 Å². The van der Waals surface area contributed by atoms with Gasteiger partial charge in [0.2, 0.25) is 0 Å². The first-order valence-electron chi connectivity index (χ1n) is 6.25. The Bertz CT molecular complexity index is 422. The number of pyridine rings is 1. The van der Waals surface area contributed by atoms with Gasteiger partial charge in [-0.05, 0) is 18.9 Å². The Balaban J connectivity index is 2.00. The molecule has 2 N–H and O–H groups in total. The normalized spacial score (nSPS) is 22.9. The van der Waals surface area contributed by atoms with Crippen LogP contribution in [-0.4, -0.2) is 35.3 Å². The largest absolute Gasteiger partial charge is 0.478 e. The molecule has 2 unspecified atom stereocenters. The van der Waals surface area contributed by atoms with E-state index in [1.165, 1.54) is 12.3 Å². The van der Waals surface area contributed by atoms with Crippen molar-refractivity contribution in [2.24, 2.45) is 5.92 Å². The predicted octanol–water partition coefficient (Wildman–Crippen LogP) is 2.01. The van der Waals surface area contributed by atoms with Crippen LogP contribution in [0.3, 0.4) is 0 Å². The molecule has 2 atom stereocenters. The molecule has 5 heteroatoms. The minimum Gasteiger partial charge on any atom is -0.478 e. The number of rotatable bonds is 5. The van der Waals surface area contributed by atoms with Gasteiger partial charge in [-0.2, -0.15) is 0 Å². The van der Waals surface area contributed by atoms with Gasteiger partial charge in [0.15, 0.2) is 0 Å². The van der Waals surface area contributed by atoms with Crippen LogP contribution in [0.5, 0.6) is 0 Å². The van der Waals surface area contributed by atoms with E-state index in [2.05, 4.69) is 17.2 Å². The van der Waals surface area contributed by atoms with Gasteiger partial charge in [-0.15, -0.1) is 0 Å². The van der Waals surface area contributed by atoms with Gasteiger partial charge in [0, 0.05) is 25.3 Å². The van der Waals surface area contributed by atoms with Crippen molar-refractivity contribution in [3.63, 3.8) is 0 Å². The maximum Gasteiger partial charge on any atom is 0.337 e. The lowest BCUT2D eigenvalue weighted by Crippen LogP contribution is -2.23. The molecule has 98 valence electrons. The molecule has 0 radical (unpaired) electrons. The summed E-state index contributed by atoms with van der Waals surface area (Å²) in [6.07, 6.45) is 5.34. The second-order valence-electron chi connectivity index (χ2n) is 4.47. The molecule has 1 aliphatic heterocycles. The Hall–Kier alpha value is -1.62. The topological polar surface area (TPSA) is 71.5 Å². The molecule has 0 aromatic carbocycles. The Morgan fingerprint density at radius 3 is 3.22 bits per heavy atom. The number of ether oxygens (including phenoxy) is 1. The number of hydrogen-bond donors (Lipinski definition) is 2. The van der Waals surface area contributed by atoms with Crippen molar-refractivity contribution in [1.82, 2.24) is 4.98 Å². The van der Waals surface area contributed by atoms with Gasteiger partial charge in [-0.1, -0.05) is 6.92 Å². The molecule has 1 saturated heterocycles. The molecule has 2 heterocycles. The molecule has 1 aliphatic rings. The summed E-state index contributed by atoms with van der Waals surface area (Å²) in [4.78, 5) is 15.0. The third-order valence-corrected chi connectivity index (χ3v) is 3.35. The number of hydrogen-bond acceptors (Lipinski definition) is 4. The van der Waals surface area contributed by atoms with Crippen molar-refractivity contribution >= 4 is 11.7 Å². The average Bonchev–Trinajstić information content (AvgIpc) is 2.84. The Morgan fingerprint density at radius 2 is 2.50 bits per heavy atom.